The van der Waals surface area contributed by atoms with Crippen LogP contribution in [0.1, 0.15) is 75.3 Å². The van der Waals surface area contributed by atoms with Gasteiger partial charge < -0.3 is 4.90 Å². The van der Waals surface area contributed by atoms with E-state index in [-0.39, 0.29) is 35.9 Å². The van der Waals surface area contributed by atoms with E-state index < -0.39 is 0 Å². The van der Waals surface area contributed by atoms with Gasteiger partial charge in [0.2, 0.25) is 11.8 Å². The molecule has 27 heavy (non-hydrogen) atoms. The van der Waals surface area contributed by atoms with Crippen molar-refractivity contribution in [2.75, 3.05) is 11.4 Å². The van der Waals surface area contributed by atoms with Crippen molar-refractivity contribution < 1.29 is 9.59 Å². The number of aryl methyl sites for hydroxylation is 1. The lowest BCUT2D eigenvalue weighted by atomic mass is 9.65. The summed E-state index contributed by atoms with van der Waals surface area (Å²) in [5.41, 5.74) is 3.33. The highest BCUT2D eigenvalue weighted by Gasteiger charge is 2.59. The van der Waals surface area contributed by atoms with Crippen molar-refractivity contribution in [1.29, 1.82) is 0 Å². The van der Waals surface area contributed by atoms with Gasteiger partial charge in [0.05, 0.1) is 0 Å². The van der Waals surface area contributed by atoms with Gasteiger partial charge in [-0.15, -0.1) is 0 Å². The van der Waals surface area contributed by atoms with Gasteiger partial charge in [0, 0.05) is 17.1 Å². The lowest BCUT2D eigenvalue weighted by Gasteiger charge is -2.47. The molecule has 1 spiro atoms. The summed E-state index contributed by atoms with van der Waals surface area (Å²) in [6.45, 7) is 2.38. The second-order valence-electron chi connectivity index (χ2n) is 9.16. The highest BCUT2D eigenvalue weighted by Crippen LogP contribution is 2.55. The lowest BCUT2D eigenvalue weighted by molar-refractivity contribution is -0.146. The predicted octanol–water partition coefficient (Wildman–Crippen LogP) is 4.09. The highest BCUT2D eigenvalue weighted by atomic mass is 16.2. The Morgan fingerprint density at radius 3 is 2.41 bits per heavy atom. The summed E-state index contributed by atoms with van der Waals surface area (Å²) in [5, 5.41) is 0. The van der Waals surface area contributed by atoms with E-state index in [1.54, 1.807) is 0 Å². The maximum atomic E-state index is 13.8. The van der Waals surface area contributed by atoms with Crippen molar-refractivity contribution in [3.8, 4) is 0 Å². The van der Waals surface area contributed by atoms with E-state index in [1.807, 2.05) is 9.80 Å². The van der Waals surface area contributed by atoms with Gasteiger partial charge >= 0.3 is 0 Å². The minimum absolute atomic E-state index is 0.123. The topological polar surface area (TPSA) is 40.6 Å². The maximum absolute atomic E-state index is 13.8. The average molecular weight is 367 g/mol. The maximum Gasteiger partial charge on any atom is 0.247 e. The van der Waals surface area contributed by atoms with Gasteiger partial charge in [-0.05, 0) is 44.2 Å². The van der Waals surface area contributed by atoms with E-state index in [0.29, 0.717) is 0 Å². The Morgan fingerprint density at radius 1 is 0.963 bits per heavy atom. The summed E-state index contributed by atoms with van der Waals surface area (Å²) >= 11 is 0. The van der Waals surface area contributed by atoms with Gasteiger partial charge in [-0.3, -0.25) is 14.5 Å². The second kappa shape index (κ2) is 6.35. The van der Waals surface area contributed by atoms with E-state index in [1.165, 1.54) is 36.8 Å². The number of anilines is 1. The highest BCUT2D eigenvalue weighted by molar-refractivity contribution is 6.10. The zero-order valence-electron chi connectivity index (χ0n) is 16.4. The first-order valence-corrected chi connectivity index (χ1v) is 10.9. The van der Waals surface area contributed by atoms with Crippen LogP contribution in [0.15, 0.2) is 18.2 Å². The minimum atomic E-state index is -0.308. The summed E-state index contributed by atoms with van der Waals surface area (Å²) in [6.07, 6.45) is 11.4. The van der Waals surface area contributed by atoms with Gasteiger partial charge in [-0.25, -0.2) is 0 Å². The fourth-order valence-electron chi connectivity index (χ4n) is 6.30. The Balaban J connectivity index is 1.60. The van der Waals surface area contributed by atoms with Crippen LogP contribution in [0, 0.1) is 6.92 Å². The molecule has 2 aliphatic carbocycles. The zero-order chi connectivity index (χ0) is 18.6. The molecule has 0 bridgehead atoms. The van der Waals surface area contributed by atoms with Crippen LogP contribution in [0.5, 0.6) is 0 Å². The number of hydrogen-bond donors (Lipinski definition) is 0. The van der Waals surface area contributed by atoms with E-state index in [0.717, 1.165) is 44.2 Å². The zero-order valence-corrected chi connectivity index (χ0v) is 16.4. The minimum Gasteiger partial charge on any atom is -0.329 e. The summed E-state index contributed by atoms with van der Waals surface area (Å²) in [4.78, 5) is 31.0. The number of fused-ring (bicyclic) bond motifs is 5. The molecule has 1 atom stereocenters. The van der Waals surface area contributed by atoms with Crippen LogP contribution in [0.3, 0.4) is 0 Å². The summed E-state index contributed by atoms with van der Waals surface area (Å²) in [5.74, 6) is 0.343. The van der Waals surface area contributed by atoms with Crippen molar-refractivity contribution in [1.82, 2.24) is 4.90 Å². The summed E-state index contributed by atoms with van der Waals surface area (Å²) < 4.78 is 0. The van der Waals surface area contributed by atoms with Gasteiger partial charge in [0.25, 0.3) is 0 Å². The normalized spacial score (nSPS) is 27.8. The largest absolute Gasteiger partial charge is 0.329 e. The number of amides is 2. The number of hydrogen-bond acceptors (Lipinski definition) is 2. The predicted molar refractivity (Wildman–Crippen MR) is 106 cm³/mol. The lowest BCUT2D eigenvalue weighted by Crippen LogP contribution is -2.66. The van der Waals surface area contributed by atoms with Gasteiger partial charge in [0.15, 0.2) is 0 Å². The third kappa shape index (κ3) is 2.48. The molecule has 3 fully saturated rings. The number of piperazine rings is 1. The molecule has 144 valence electrons. The molecule has 2 aliphatic heterocycles. The van der Waals surface area contributed by atoms with Crippen molar-refractivity contribution in [3.05, 3.63) is 29.3 Å². The number of carbonyl (C=O) groups excluding carboxylic acids is 2. The average Bonchev–Trinajstić information content (AvgIpc) is 2.96. The SMILES string of the molecule is Cc1ccc2c(c1)C1(CCCCC1)C1C(=O)N(C3CCCCC3)CC(=O)N21. The molecule has 4 heteroatoms. The summed E-state index contributed by atoms with van der Waals surface area (Å²) in [7, 11) is 0. The molecule has 2 heterocycles. The first-order valence-electron chi connectivity index (χ1n) is 10.9. The molecule has 1 aromatic rings. The molecule has 2 amide bonds. The first-order chi connectivity index (χ1) is 13.1. The molecule has 5 rings (SSSR count). The van der Waals surface area contributed by atoms with Crippen LogP contribution in [0.4, 0.5) is 5.69 Å². The molecule has 0 aromatic heterocycles. The fourth-order valence-corrected chi connectivity index (χ4v) is 6.30. The van der Waals surface area contributed by atoms with Crippen LogP contribution in [0.2, 0.25) is 0 Å². The third-order valence-electron chi connectivity index (χ3n) is 7.58. The van der Waals surface area contributed by atoms with Gasteiger partial charge in [0.1, 0.15) is 12.6 Å². The fraction of sp³-hybridized carbons (Fsp3) is 0.652. The molecule has 1 unspecified atom stereocenters. The number of rotatable bonds is 1. The van der Waals surface area contributed by atoms with Crippen LogP contribution in [0.25, 0.3) is 0 Å². The Morgan fingerprint density at radius 2 is 1.67 bits per heavy atom. The van der Waals surface area contributed by atoms with Crippen molar-refractivity contribution in [2.24, 2.45) is 0 Å². The molecule has 1 aromatic carbocycles. The second-order valence-corrected chi connectivity index (χ2v) is 9.16. The quantitative estimate of drug-likeness (QED) is 0.751. The Kier molecular flexibility index (Phi) is 4.06. The van der Waals surface area contributed by atoms with Crippen LogP contribution >= 0.6 is 0 Å². The van der Waals surface area contributed by atoms with Crippen LogP contribution in [-0.2, 0) is 15.0 Å². The molecule has 4 aliphatic rings. The Labute approximate surface area is 161 Å². The van der Waals surface area contributed by atoms with Gasteiger partial charge in [-0.1, -0.05) is 56.2 Å². The third-order valence-corrected chi connectivity index (χ3v) is 7.58. The number of carbonyl (C=O) groups is 2. The van der Waals surface area contributed by atoms with E-state index in [9.17, 15) is 9.59 Å². The monoisotopic (exact) mass is 366 g/mol. The van der Waals surface area contributed by atoms with Crippen LogP contribution in [-0.4, -0.2) is 35.3 Å². The van der Waals surface area contributed by atoms with E-state index in [4.69, 9.17) is 0 Å². The molecule has 1 saturated heterocycles. The van der Waals surface area contributed by atoms with Crippen molar-refractivity contribution >= 4 is 17.5 Å². The summed E-state index contributed by atoms with van der Waals surface area (Å²) in [6, 6.07) is 6.39. The smallest absolute Gasteiger partial charge is 0.247 e. The molecule has 2 saturated carbocycles. The molecular weight excluding hydrogens is 336 g/mol. The van der Waals surface area contributed by atoms with Crippen molar-refractivity contribution in [3.63, 3.8) is 0 Å². The van der Waals surface area contributed by atoms with Crippen LogP contribution < -0.4 is 4.90 Å². The molecule has 0 radical (unpaired) electrons. The standard InChI is InChI=1S/C23H30N2O2/c1-16-10-11-19-18(14-16)23(12-6-3-7-13-23)21-22(27)24(15-20(26)25(19)21)17-8-4-2-5-9-17/h10-11,14,17,21H,2-9,12-13,15H2,1H3. The van der Waals surface area contributed by atoms with E-state index in [2.05, 4.69) is 25.1 Å². The number of nitrogens with zero attached hydrogens (tertiary/aromatic N) is 2. The number of benzene rings is 1. The van der Waals surface area contributed by atoms with E-state index >= 15 is 0 Å². The Hall–Kier alpha value is -1.84. The van der Waals surface area contributed by atoms with Crippen molar-refractivity contribution in [2.45, 2.75) is 88.6 Å². The first kappa shape index (κ1) is 17.3. The van der Waals surface area contributed by atoms with Gasteiger partial charge in [-0.2, -0.15) is 0 Å². The Bertz CT molecular complexity index is 775. The molecule has 0 N–H and O–H groups in total. The molecule has 4 nitrogen and oxygen atoms in total. The molecular formula is C23H30N2O2.